The summed E-state index contributed by atoms with van der Waals surface area (Å²) in [5.74, 6) is 0.118. The van der Waals surface area contributed by atoms with Gasteiger partial charge in [-0.2, -0.15) is 12.6 Å². The van der Waals surface area contributed by atoms with Crippen LogP contribution in [0.15, 0.2) is 16.7 Å². The van der Waals surface area contributed by atoms with E-state index in [1.54, 1.807) is 11.1 Å². The van der Waals surface area contributed by atoms with Crippen molar-refractivity contribution in [2.45, 2.75) is 18.6 Å². The number of aryl methyl sites for hydroxylation is 1. The monoisotopic (exact) mass is 286 g/mol. The number of pyridine rings is 1. The standard InChI is InChI=1S/C10H11BrN2OS/c1-6-9(11)2-7(4-12-6)13-5-8(15)3-10(13)14/h2,4,8,15H,3,5H2,1H3. The van der Waals surface area contributed by atoms with Crippen molar-refractivity contribution >= 4 is 40.2 Å². The molecular formula is C10H11BrN2OS. The highest BCUT2D eigenvalue weighted by Crippen LogP contribution is 2.26. The highest BCUT2D eigenvalue weighted by Gasteiger charge is 2.28. The second-order valence-corrected chi connectivity index (χ2v) is 5.21. The van der Waals surface area contributed by atoms with Gasteiger partial charge in [-0.05, 0) is 28.9 Å². The number of amides is 1. The molecule has 5 heteroatoms. The molecule has 80 valence electrons. The number of rotatable bonds is 1. The van der Waals surface area contributed by atoms with Crippen molar-refractivity contribution < 1.29 is 4.79 Å². The minimum Gasteiger partial charge on any atom is -0.310 e. The van der Waals surface area contributed by atoms with Crippen LogP contribution in [0.5, 0.6) is 0 Å². The zero-order chi connectivity index (χ0) is 11.0. The van der Waals surface area contributed by atoms with E-state index in [1.165, 1.54) is 0 Å². The van der Waals surface area contributed by atoms with Gasteiger partial charge in [0.15, 0.2) is 0 Å². The lowest BCUT2D eigenvalue weighted by Crippen LogP contribution is -2.24. The molecule has 1 aromatic heterocycles. The third-order valence-electron chi connectivity index (χ3n) is 2.43. The highest BCUT2D eigenvalue weighted by atomic mass is 79.9. The first kappa shape index (κ1) is 11.0. The smallest absolute Gasteiger partial charge is 0.228 e. The molecule has 1 aliphatic rings. The van der Waals surface area contributed by atoms with Crippen molar-refractivity contribution in [2.24, 2.45) is 0 Å². The van der Waals surface area contributed by atoms with E-state index in [-0.39, 0.29) is 11.2 Å². The van der Waals surface area contributed by atoms with E-state index in [1.807, 2.05) is 13.0 Å². The van der Waals surface area contributed by atoms with E-state index < -0.39 is 0 Å². The Morgan fingerprint density at radius 2 is 2.40 bits per heavy atom. The molecule has 1 fully saturated rings. The van der Waals surface area contributed by atoms with Crippen LogP contribution in [0.3, 0.4) is 0 Å². The lowest BCUT2D eigenvalue weighted by molar-refractivity contribution is -0.117. The fourth-order valence-corrected chi connectivity index (χ4v) is 2.24. The minimum atomic E-state index is 0.118. The van der Waals surface area contributed by atoms with Crippen molar-refractivity contribution in [2.75, 3.05) is 11.4 Å². The molecule has 15 heavy (non-hydrogen) atoms. The summed E-state index contributed by atoms with van der Waals surface area (Å²) >= 11 is 7.72. The second kappa shape index (κ2) is 4.14. The van der Waals surface area contributed by atoms with Crippen LogP contribution in [0.2, 0.25) is 0 Å². The van der Waals surface area contributed by atoms with Crippen molar-refractivity contribution in [1.82, 2.24) is 4.98 Å². The Bertz CT molecular complexity index is 410. The molecule has 0 spiro atoms. The molecule has 1 saturated heterocycles. The Labute approximate surface area is 102 Å². The molecule has 0 radical (unpaired) electrons. The number of aromatic nitrogens is 1. The van der Waals surface area contributed by atoms with Crippen LogP contribution in [-0.2, 0) is 4.79 Å². The molecule has 0 N–H and O–H groups in total. The lowest BCUT2D eigenvalue weighted by atomic mass is 10.3. The summed E-state index contributed by atoms with van der Waals surface area (Å²) in [5.41, 5.74) is 1.77. The molecule has 0 bridgehead atoms. The van der Waals surface area contributed by atoms with Crippen LogP contribution in [0, 0.1) is 6.92 Å². The summed E-state index contributed by atoms with van der Waals surface area (Å²) in [6.45, 7) is 2.58. The highest BCUT2D eigenvalue weighted by molar-refractivity contribution is 9.10. The Morgan fingerprint density at radius 3 is 2.93 bits per heavy atom. The van der Waals surface area contributed by atoms with Crippen LogP contribution in [0.25, 0.3) is 0 Å². The molecule has 1 unspecified atom stereocenters. The van der Waals surface area contributed by atoms with Gasteiger partial charge >= 0.3 is 0 Å². The second-order valence-electron chi connectivity index (χ2n) is 3.62. The summed E-state index contributed by atoms with van der Waals surface area (Å²) in [4.78, 5) is 17.6. The van der Waals surface area contributed by atoms with Crippen LogP contribution >= 0.6 is 28.6 Å². The number of carbonyl (C=O) groups excluding carboxylic acids is 1. The minimum absolute atomic E-state index is 0.118. The maximum Gasteiger partial charge on any atom is 0.228 e. The summed E-state index contributed by atoms with van der Waals surface area (Å²) in [6, 6.07) is 1.92. The Hall–Kier alpha value is -0.550. The van der Waals surface area contributed by atoms with Crippen LogP contribution in [0.1, 0.15) is 12.1 Å². The molecule has 0 saturated carbocycles. The fourth-order valence-electron chi connectivity index (χ4n) is 1.58. The van der Waals surface area contributed by atoms with Crippen LogP contribution in [-0.4, -0.2) is 22.7 Å². The molecule has 2 rings (SSSR count). The van der Waals surface area contributed by atoms with Gasteiger partial charge in [-0.1, -0.05) is 0 Å². The molecule has 0 aromatic carbocycles. The maximum atomic E-state index is 11.6. The molecule has 3 nitrogen and oxygen atoms in total. The first-order chi connectivity index (χ1) is 7.08. The van der Waals surface area contributed by atoms with Crippen LogP contribution in [0.4, 0.5) is 5.69 Å². The largest absolute Gasteiger partial charge is 0.310 e. The van der Waals surface area contributed by atoms with E-state index in [2.05, 4.69) is 33.5 Å². The van der Waals surface area contributed by atoms with Gasteiger partial charge in [0.2, 0.25) is 5.91 Å². The number of thiol groups is 1. The topological polar surface area (TPSA) is 33.2 Å². The van der Waals surface area contributed by atoms with Gasteiger partial charge in [-0.15, -0.1) is 0 Å². The predicted octanol–water partition coefficient (Wildman–Crippen LogP) is 2.19. The van der Waals surface area contributed by atoms with Crippen LogP contribution < -0.4 is 4.90 Å². The number of anilines is 1. The van der Waals surface area contributed by atoms with Crippen molar-refractivity contribution in [3.63, 3.8) is 0 Å². The molecule has 2 heterocycles. The number of carbonyl (C=O) groups is 1. The van der Waals surface area contributed by atoms with E-state index >= 15 is 0 Å². The molecule has 1 atom stereocenters. The fraction of sp³-hybridized carbons (Fsp3) is 0.400. The van der Waals surface area contributed by atoms with Gasteiger partial charge in [0.1, 0.15) is 0 Å². The third kappa shape index (κ3) is 2.18. The number of hydrogen-bond acceptors (Lipinski definition) is 3. The Kier molecular flexibility index (Phi) is 3.02. The maximum absolute atomic E-state index is 11.6. The molecule has 0 aliphatic carbocycles. The predicted molar refractivity (Wildman–Crippen MR) is 66.4 cm³/mol. The van der Waals surface area contributed by atoms with Gasteiger partial charge in [0.05, 0.1) is 17.6 Å². The number of halogens is 1. The average Bonchev–Trinajstić information content (AvgIpc) is 2.50. The van der Waals surface area contributed by atoms with Crippen molar-refractivity contribution in [3.05, 3.63) is 22.4 Å². The van der Waals surface area contributed by atoms with Gasteiger partial charge in [-0.25, -0.2) is 0 Å². The third-order valence-corrected chi connectivity index (χ3v) is 3.58. The van der Waals surface area contributed by atoms with E-state index in [9.17, 15) is 4.79 Å². The van der Waals surface area contributed by atoms with E-state index in [4.69, 9.17) is 0 Å². The molecule has 1 aliphatic heterocycles. The quantitative estimate of drug-likeness (QED) is 0.803. The van der Waals surface area contributed by atoms with Gasteiger partial charge in [-0.3, -0.25) is 9.78 Å². The van der Waals surface area contributed by atoms with Gasteiger partial charge in [0.25, 0.3) is 0 Å². The van der Waals surface area contributed by atoms with Gasteiger partial charge < -0.3 is 4.90 Å². The average molecular weight is 287 g/mol. The first-order valence-electron chi connectivity index (χ1n) is 4.68. The lowest BCUT2D eigenvalue weighted by Gasteiger charge is -2.16. The Morgan fingerprint density at radius 1 is 1.67 bits per heavy atom. The summed E-state index contributed by atoms with van der Waals surface area (Å²) in [5, 5.41) is 0.137. The molecular weight excluding hydrogens is 276 g/mol. The zero-order valence-electron chi connectivity index (χ0n) is 8.27. The molecule has 1 aromatic rings. The first-order valence-corrected chi connectivity index (χ1v) is 5.99. The van der Waals surface area contributed by atoms with E-state index in [0.717, 1.165) is 15.9 Å². The van der Waals surface area contributed by atoms with Crippen molar-refractivity contribution in [3.8, 4) is 0 Å². The van der Waals surface area contributed by atoms with E-state index in [0.29, 0.717) is 13.0 Å². The summed E-state index contributed by atoms with van der Waals surface area (Å²) < 4.78 is 0.926. The SMILES string of the molecule is Cc1ncc(N2CC(S)CC2=O)cc1Br. The van der Waals surface area contributed by atoms with Gasteiger partial charge in [0, 0.05) is 22.7 Å². The zero-order valence-corrected chi connectivity index (χ0v) is 10.8. The summed E-state index contributed by atoms with van der Waals surface area (Å²) in [7, 11) is 0. The summed E-state index contributed by atoms with van der Waals surface area (Å²) in [6.07, 6.45) is 2.23. The number of hydrogen-bond donors (Lipinski definition) is 1. The molecule has 1 amide bonds. The normalized spacial score (nSPS) is 21.1. The number of nitrogens with zero attached hydrogens (tertiary/aromatic N) is 2. The van der Waals surface area contributed by atoms with Crippen molar-refractivity contribution in [1.29, 1.82) is 0 Å². The Balaban J connectivity index is 2.30.